The Morgan fingerprint density at radius 2 is 1.69 bits per heavy atom. The molecule has 9 nitrogen and oxygen atoms in total. The maximum absolute atomic E-state index is 13.3. The lowest BCUT2D eigenvalue weighted by atomic mass is 9.95. The number of nitrogens with zero attached hydrogens (tertiary/aromatic N) is 3. The van der Waals surface area contributed by atoms with E-state index in [0.29, 0.717) is 17.7 Å². The fourth-order valence-corrected chi connectivity index (χ4v) is 3.06. The predicted octanol–water partition coefficient (Wildman–Crippen LogP) is 2.22. The van der Waals surface area contributed by atoms with Crippen molar-refractivity contribution in [1.29, 1.82) is 0 Å². The van der Waals surface area contributed by atoms with E-state index >= 15 is 0 Å². The summed E-state index contributed by atoms with van der Waals surface area (Å²) in [5.74, 6) is -1.41. The van der Waals surface area contributed by atoms with Crippen molar-refractivity contribution in [1.82, 2.24) is 15.6 Å². The molecule has 2 radical (unpaired) electrons. The minimum absolute atomic E-state index is 0.00138. The Balaban J connectivity index is 1.39. The molecule has 4 N–H and O–H groups in total. The van der Waals surface area contributed by atoms with Crippen molar-refractivity contribution in [3.63, 3.8) is 0 Å². The van der Waals surface area contributed by atoms with Crippen molar-refractivity contribution in [3.8, 4) is 0 Å². The number of halogens is 1. The van der Waals surface area contributed by atoms with E-state index in [2.05, 4.69) is 25.9 Å². The Morgan fingerprint density at radius 1 is 0.971 bits per heavy atom. The summed E-state index contributed by atoms with van der Waals surface area (Å²) in [5.41, 5.74) is 7.87. The molecule has 1 heterocycles. The number of hydrogen-bond acceptors (Lipinski definition) is 6. The molecule has 4 rings (SSSR count). The average molecular weight is 468 g/mol. The van der Waals surface area contributed by atoms with Crippen LogP contribution in [0.1, 0.15) is 32.0 Å². The molecular formula is C24H18BFN6O3. The fraction of sp³-hybridized carbons (Fsp3) is 0.0417. The first-order chi connectivity index (χ1) is 16.9. The maximum atomic E-state index is 13.3. The van der Waals surface area contributed by atoms with Crippen LogP contribution in [0.2, 0.25) is 0 Å². The number of nitrogens with two attached hydrogens (primary N) is 1. The molecule has 0 spiro atoms. The topological polar surface area (TPSA) is 136 Å². The molecule has 0 atom stereocenters. The Hall–Kier alpha value is -4.80. The highest BCUT2D eigenvalue weighted by Gasteiger charge is 2.18. The molecular weight excluding hydrogens is 450 g/mol. The van der Waals surface area contributed by atoms with Crippen LogP contribution >= 0.6 is 0 Å². The zero-order chi connectivity index (χ0) is 24.8. The quantitative estimate of drug-likeness (QED) is 0.216. The molecule has 0 saturated carbocycles. The zero-order valence-electron chi connectivity index (χ0n) is 18.2. The fourth-order valence-electron chi connectivity index (χ4n) is 3.06. The molecule has 172 valence electrons. The number of benzene rings is 3. The first-order valence-electron chi connectivity index (χ1n) is 10.4. The normalized spacial score (nSPS) is 11.2. The second-order valence-corrected chi connectivity index (χ2v) is 7.36. The smallest absolute Gasteiger partial charge is 0.256 e. The highest BCUT2D eigenvalue weighted by atomic mass is 19.1. The van der Waals surface area contributed by atoms with Crippen LogP contribution in [0.4, 0.5) is 15.9 Å². The molecule has 2 amide bonds. The summed E-state index contributed by atoms with van der Waals surface area (Å²) in [7, 11) is 5.54. The Kier molecular flexibility index (Phi) is 6.96. The van der Waals surface area contributed by atoms with Crippen LogP contribution in [0.25, 0.3) is 0 Å². The third-order valence-electron chi connectivity index (χ3n) is 4.90. The summed E-state index contributed by atoms with van der Waals surface area (Å²) < 4.78 is 18.0. The Morgan fingerprint density at radius 3 is 2.40 bits per heavy atom. The molecule has 0 aliphatic carbocycles. The minimum Gasteiger partial charge on any atom is -0.382 e. The van der Waals surface area contributed by atoms with Gasteiger partial charge in [-0.15, -0.1) is 0 Å². The highest BCUT2D eigenvalue weighted by molar-refractivity contribution is 6.32. The lowest BCUT2D eigenvalue weighted by molar-refractivity contribution is 0.0949. The number of carbonyl (C=O) groups excluding carboxylic acids is 2. The number of rotatable bonds is 7. The third-order valence-corrected chi connectivity index (χ3v) is 4.90. The molecule has 0 fully saturated rings. The van der Waals surface area contributed by atoms with E-state index in [4.69, 9.17) is 18.2 Å². The van der Waals surface area contributed by atoms with Gasteiger partial charge in [0.05, 0.1) is 5.69 Å². The van der Waals surface area contributed by atoms with Crippen molar-refractivity contribution in [3.05, 3.63) is 101 Å². The van der Waals surface area contributed by atoms with Gasteiger partial charge in [-0.2, -0.15) is 0 Å². The van der Waals surface area contributed by atoms with Gasteiger partial charge in [0.15, 0.2) is 11.5 Å². The van der Waals surface area contributed by atoms with Gasteiger partial charge >= 0.3 is 0 Å². The summed E-state index contributed by atoms with van der Waals surface area (Å²) in [4.78, 5) is 28.9. The molecule has 11 heteroatoms. The summed E-state index contributed by atoms with van der Waals surface area (Å²) in [5, 5.41) is 12.7. The van der Waals surface area contributed by atoms with Gasteiger partial charge in [-0.3, -0.25) is 9.59 Å². The summed E-state index contributed by atoms with van der Waals surface area (Å²) in [6, 6.07) is 19.3. The van der Waals surface area contributed by atoms with Crippen LogP contribution in [-0.2, 0) is 6.54 Å². The first-order valence-corrected chi connectivity index (χ1v) is 10.4. The summed E-state index contributed by atoms with van der Waals surface area (Å²) in [6.45, 7) is 0.299. The summed E-state index contributed by atoms with van der Waals surface area (Å²) in [6.07, 6.45) is 0. The van der Waals surface area contributed by atoms with E-state index < -0.39 is 11.7 Å². The number of hydrogen-bond donors (Lipinski definition) is 3. The standard InChI is InChI=1S/C24H18BFN6O3/c25-18-12-17(10-11-19(18)26)29-21(27)20-22(32-35-31-20)30-24(34)16-8-6-14(7-9-16)13-28-23(33)15-4-2-1-3-5-15/h1-12H,13H2,(H2,27,29)(H,28,33)(H,30,32,34). The summed E-state index contributed by atoms with van der Waals surface area (Å²) >= 11 is 0. The number of aromatic nitrogens is 2. The Labute approximate surface area is 200 Å². The van der Waals surface area contributed by atoms with Gasteiger partial charge in [0.25, 0.3) is 11.8 Å². The van der Waals surface area contributed by atoms with Crippen LogP contribution in [-0.4, -0.2) is 35.8 Å². The Bertz CT molecular complexity index is 1390. The van der Waals surface area contributed by atoms with Crippen LogP contribution in [0, 0.1) is 5.82 Å². The van der Waals surface area contributed by atoms with Gasteiger partial charge in [-0.1, -0.05) is 35.8 Å². The van der Waals surface area contributed by atoms with Gasteiger partial charge in [0, 0.05) is 17.7 Å². The number of nitrogens with one attached hydrogen (secondary N) is 2. The van der Waals surface area contributed by atoms with Gasteiger partial charge in [-0.05, 0) is 58.3 Å². The van der Waals surface area contributed by atoms with Gasteiger partial charge < -0.3 is 16.4 Å². The molecule has 1 aromatic heterocycles. The number of carbonyl (C=O) groups is 2. The molecule has 0 aliphatic heterocycles. The predicted molar refractivity (Wildman–Crippen MR) is 128 cm³/mol. The number of amides is 2. The van der Waals surface area contributed by atoms with Gasteiger partial charge in [-0.25, -0.2) is 14.0 Å². The maximum Gasteiger partial charge on any atom is 0.256 e. The van der Waals surface area contributed by atoms with E-state index in [1.807, 2.05) is 6.07 Å². The largest absolute Gasteiger partial charge is 0.382 e. The van der Waals surface area contributed by atoms with Crippen molar-refractivity contribution in [2.75, 3.05) is 5.32 Å². The molecule has 0 aliphatic rings. The van der Waals surface area contributed by atoms with E-state index in [0.717, 1.165) is 11.6 Å². The van der Waals surface area contributed by atoms with E-state index in [1.54, 1.807) is 48.5 Å². The first kappa shape index (κ1) is 23.4. The molecule has 0 unspecified atom stereocenters. The third kappa shape index (κ3) is 5.77. The molecule has 35 heavy (non-hydrogen) atoms. The van der Waals surface area contributed by atoms with Crippen molar-refractivity contribution >= 4 is 42.5 Å². The lowest BCUT2D eigenvalue weighted by Gasteiger charge is -2.07. The molecule has 3 aromatic carbocycles. The highest BCUT2D eigenvalue weighted by Crippen LogP contribution is 2.16. The minimum atomic E-state index is -0.580. The van der Waals surface area contributed by atoms with Crippen molar-refractivity contribution in [2.24, 2.45) is 10.7 Å². The van der Waals surface area contributed by atoms with Crippen molar-refractivity contribution in [2.45, 2.75) is 6.54 Å². The second-order valence-electron chi connectivity index (χ2n) is 7.36. The molecule has 0 bridgehead atoms. The van der Waals surface area contributed by atoms with Crippen LogP contribution in [0.15, 0.2) is 82.4 Å². The van der Waals surface area contributed by atoms with Crippen LogP contribution in [0.3, 0.4) is 0 Å². The van der Waals surface area contributed by atoms with Crippen LogP contribution in [0.5, 0.6) is 0 Å². The SMILES string of the molecule is [B]c1cc(N=C(N)c2nonc2NC(=O)c2ccc(CNC(=O)c3ccccc3)cc2)ccc1F. The van der Waals surface area contributed by atoms with Gasteiger partial charge in [0.2, 0.25) is 5.82 Å². The molecule has 4 aromatic rings. The van der Waals surface area contributed by atoms with E-state index in [-0.39, 0.29) is 34.4 Å². The lowest BCUT2D eigenvalue weighted by Crippen LogP contribution is -2.22. The number of amidine groups is 1. The van der Waals surface area contributed by atoms with E-state index in [1.165, 1.54) is 12.1 Å². The van der Waals surface area contributed by atoms with Crippen molar-refractivity contribution < 1.29 is 18.6 Å². The van der Waals surface area contributed by atoms with Gasteiger partial charge in [0.1, 0.15) is 13.7 Å². The monoisotopic (exact) mass is 468 g/mol. The zero-order valence-corrected chi connectivity index (χ0v) is 18.2. The van der Waals surface area contributed by atoms with Crippen LogP contribution < -0.4 is 21.8 Å². The number of anilines is 1. The average Bonchev–Trinajstić information content (AvgIpc) is 3.34. The van der Waals surface area contributed by atoms with E-state index in [9.17, 15) is 14.0 Å². The molecule has 0 saturated heterocycles. The second kappa shape index (κ2) is 10.4. The number of aliphatic imine (C=N–C) groups is 1.